The van der Waals surface area contributed by atoms with Crippen molar-refractivity contribution in [1.29, 1.82) is 0 Å². The lowest BCUT2D eigenvalue weighted by Gasteiger charge is -2.10. The van der Waals surface area contributed by atoms with Crippen LogP contribution < -0.4 is 10.6 Å². The normalized spacial score (nSPS) is 10.1. The Morgan fingerprint density at radius 3 is 2.89 bits per heavy atom. The monoisotopic (exact) mass is 245 g/mol. The van der Waals surface area contributed by atoms with Gasteiger partial charge >= 0.3 is 0 Å². The zero-order valence-electron chi connectivity index (χ0n) is 10.1. The average Bonchev–Trinajstić information content (AvgIpc) is 2.89. The number of hydrogen-bond acceptors (Lipinski definition) is 4. The van der Waals surface area contributed by atoms with Crippen molar-refractivity contribution in [3.05, 3.63) is 42.2 Å². The first-order chi connectivity index (χ1) is 8.81. The second-order valence-electron chi connectivity index (χ2n) is 3.81. The fourth-order valence-corrected chi connectivity index (χ4v) is 1.56. The number of benzene rings is 1. The van der Waals surface area contributed by atoms with Crippen molar-refractivity contribution >= 4 is 17.4 Å². The molecule has 0 aliphatic carbocycles. The average molecular weight is 245 g/mol. The van der Waals surface area contributed by atoms with Crippen LogP contribution in [-0.2, 0) is 0 Å². The summed E-state index contributed by atoms with van der Waals surface area (Å²) in [5.41, 5.74) is 1.41. The molecule has 0 atom stereocenters. The van der Waals surface area contributed by atoms with Crippen LogP contribution in [0.5, 0.6) is 0 Å². The van der Waals surface area contributed by atoms with Crippen LogP contribution in [0.3, 0.4) is 0 Å². The molecule has 0 aliphatic heterocycles. The summed E-state index contributed by atoms with van der Waals surface area (Å²) < 4.78 is 4.67. The molecular weight excluding hydrogens is 230 g/mol. The molecule has 1 heterocycles. The molecule has 5 nitrogen and oxygen atoms in total. The third-order valence-corrected chi connectivity index (χ3v) is 2.42. The summed E-state index contributed by atoms with van der Waals surface area (Å²) >= 11 is 0. The van der Waals surface area contributed by atoms with E-state index in [9.17, 15) is 4.79 Å². The minimum atomic E-state index is -0.205. The Bertz CT molecular complexity index is 509. The van der Waals surface area contributed by atoms with Gasteiger partial charge in [0, 0.05) is 18.3 Å². The maximum absolute atomic E-state index is 12.1. The Hall–Kier alpha value is -2.30. The van der Waals surface area contributed by atoms with E-state index >= 15 is 0 Å². The van der Waals surface area contributed by atoms with Gasteiger partial charge in [0.15, 0.2) is 5.82 Å². The maximum atomic E-state index is 12.1. The van der Waals surface area contributed by atoms with E-state index in [0.717, 1.165) is 18.7 Å². The van der Waals surface area contributed by atoms with Gasteiger partial charge in [-0.1, -0.05) is 24.2 Å². The highest BCUT2D eigenvalue weighted by Gasteiger charge is 2.11. The second kappa shape index (κ2) is 5.86. The number of carbonyl (C=O) groups excluding carboxylic acids is 1. The predicted molar refractivity (Wildman–Crippen MR) is 69.7 cm³/mol. The molecule has 0 saturated carbocycles. The van der Waals surface area contributed by atoms with Crippen molar-refractivity contribution in [2.45, 2.75) is 13.3 Å². The lowest BCUT2D eigenvalue weighted by atomic mass is 10.1. The molecule has 18 heavy (non-hydrogen) atoms. The van der Waals surface area contributed by atoms with Gasteiger partial charge in [0.1, 0.15) is 6.26 Å². The zero-order valence-corrected chi connectivity index (χ0v) is 10.1. The van der Waals surface area contributed by atoms with Gasteiger partial charge in [-0.05, 0) is 18.6 Å². The summed E-state index contributed by atoms with van der Waals surface area (Å²) in [6, 6.07) is 8.97. The van der Waals surface area contributed by atoms with Crippen molar-refractivity contribution in [2.75, 3.05) is 17.2 Å². The second-order valence-corrected chi connectivity index (χ2v) is 3.81. The first kappa shape index (κ1) is 12.2. The largest absolute Gasteiger partial charge is 0.384 e. The Kier molecular flexibility index (Phi) is 3.96. The van der Waals surface area contributed by atoms with Crippen molar-refractivity contribution < 1.29 is 9.32 Å². The van der Waals surface area contributed by atoms with Crippen LogP contribution in [0.4, 0.5) is 11.5 Å². The highest BCUT2D eigenvalue weighted by atomic mass is 16.5. The number of anilines is 2. The lowest BCUT2D eigenvalue weighted by molar-refractivity contribution is 0.102. The summed E-state index contributed by atoms with van der Waals surface area (Å²) in [6.45, 7) is 2.90. The fourth-order valence-electron chi connectivity index (χ4n) is 1.56. The molecule has 5 heteroatoms. The van der Waals surface area contributed by atoms with Gasteiger partial charge in [0.05, 0.1) is 5.56 Å². The molecule has 0 fully saturated rings. The number of carbonyl (C=O) groups is 1. The third kappa shape index (κ3) is 2.88. The molecule has 0 radical (unpaired) electrons. The lowest BCUT2D eigenvalue weighted by Crippen LogP contribution is -2.15. The highest BCUT2D eigenvalue weighted by molar-refractivity contribution is 6.07. The molecule has 0 saturated heterocycles. The van der Waals surface area contributed by atoms with E-state index in [1.54, 1.807) is 12.1 Å². The van der Waals surface area contributed by atoms with Crippen molar-refractivity contribution in [3.63, 3.8) is 0 Å². The van der Waals surface area contributed by atoms with Gasteiger partial charge in [-0.25, -0.2) is 0 Å². The quantitative estimate of drug-likeness (QED) is 0.850. The minimum Gasteiger partial charge on any atom is -0.384 e. The van der Waals surface area contributed by atoms with Crippen LogP contribution in [0.25, 0.3) is 0 Å². The molecule has 2 aromatic rings. The maximum Gasteiger partial charge on any atom is 0.259 e. The number of para-hydroxylation sites is 1. The Balaban J connectivity index is 2.13. The number of hydrogen-bond donors (Lipinski definition) is 2. The number of rotatable bonds is 5. The van der Waals surface area contributed by atoms with Gasteiger partial charge in [-0.2, -0.15) is 0 Å². The molecule has 0 unspecified atom stereocenters. The number of nitrogens with one attached hydrogen (secondary N) is 2. The van der Waals surface area contributed by atoms with E-state index in [1.165, 1.54) is 6.26 Å². The van der Waals surface area contributed by atoms with E-state index < -0.39 is 0 Å². The summed E-state index contributed by atoms with van der Waals surface area (Å²) in [6.07, 6.45) is 2.41. The molecule has 1 aromatic carbocycles. The smallest absolute Gasteiger partial charge is 0.259 e. The minimum absolute atomic E-state index is 0.205. The van der Waals surface area contributed by atoms with E-state index in [1.807, 2.05) is 18.2 Å². The van der Waals surface area contributed by atoms with Crippen LogP contribution in [0.15, 0.2) is 41.1 Å². The third-order valence-electron chi connectivity index (χ3n) is 2.42. The van der Waals surface area contributed by atoms with Crippen LogP contribution in [0, 0.1) is 0 Å². The van der Waals surface area contributed by atoms with E-state index in [4.69, 9.17) is 0 Å². The molecule has 1 amide bonds. The molecule has 1 aromatic heterocycles. The van der Waals surface area contributed by atoms with Gasteiger partial charge < -0.3 is 15.2 Å². The Labute approximate surface area is 105 Å². The first-order valence-corrected chi connectivity index (χ1v) is 5.86. The van der Waals surface area contributed by atoms with Crippen LogP contribution in [0.1, 0.15) is 23.7 Å². The molecule has 0 aliphatic rings. The summed E-state index contributed by atoms with van der Waals surface area (Å²) in [4.78, 5) is 12.1. The Morgan fingerprint density at radius 1 is 1.33 bits per heavy atom. The van der Waals surface area contributed by atoms with Crippen LogP contribution in [0.2, 0.25) is 0 Å². The zero-order chi connectivity index (χ0) is 12.8. The van der Waals surface area contributed by atoms with Crippen molar-refractivity contribution in [2.24, 2.45) is 0 Å². The highest BCUT2D eigenvalue weighted by Crippen LogP contribution is 2.16. The molecule has 2 rings (SSSR count). The summed E-state index contributed by atoms with van der Waals surface area (Å²) in [5.74, 6) is 0.202. The van der Waals surface area contributed by atoms with Gasteiger partial charge in [-0.15, -0.1) is 0 Å². The Morgan fingerprint density at radius 2 is 2.17 bits per heavy atom. The number of aromatic nitrogens is 1. The van der Waals surface area contributed by atoms with Crippen molar-refractivity contribution in [1.82, 2.24) is 5.16 Å². The summed E-state index contributed by atoms with van der Waals surface area (Å²) in [5, 5.41) is 9.54. The molecule has 2 N–H and O–H groups in total. The van der Waals surface area contributed by atoms with Gasteiger partial charge in [-0.3, -0.25) is 4.79 Å². The molecule has 94 valence electrons. The topological polar surface area (TPSA) is 67.2 Å². The fraction of sp³-hybridized carbons (Fsp3) is 0.231. The van der Waals surface area contributed by atoms with Crippen molar-refractivity contribution in [3.8, 4) is 0 Å². The van der Waals surface area contributed by atoms with Gasteiger partial charge in [0.25, 0.3) is 5.91 Å². The van der Waals surface area contributed by atoms with Gasteiger partial charge in [0.2, 0.25) is 0 Å². The SMILES string of the molecule is CCCNc1ccccc1C(=O)Nc1ccon1. The van der Waals surface area contributed by atoms with Crippen LogP contribution in [-0.4, -0.2) is 17.6 Å². The number of amides is 1. The van der Waals surface area contributed by atoms with E-state index in [0.29, 0.717) is 11.4 Å². The predicted octanol–water partition coefficient (Wildman–Crippen LogP) is 2.75. The molecule has 0 bridgehead atoms. The van der Waals surface area contributed by atoms with E-state index in [2.05, 4.69) is 27.2 Å². The van der Waals surface area contributed by atoms with Crippen LogP contribution >= 0.6 is 0 Å². The molecule has 0 spiro atoms. The first-order valence-electron chi connectivity index (χ1n) is 5.86. The molecular formula is C13H15N3O2. The standard InChI is InChI=1S/C13H15N3O2/c1-2-8-14-11-6-4-3-5-10(11)13(17)15-12-7-9-18-16-12/h3-7,9,14H,2,8H2,1H3,(H,15,16,17). The van der Waals surface area contributed by atoms with E-state index in [-0.39, 0.29) is 5.91 Å². The number of nitrogens with zero attached hydrogens (tertiary/aromatic N) is 1. The summed E-state index contributed by atoms with van der Waals surface area (Å²) in [7, 11) is 0.